The lowest BCUT2D eigenvalue weighted by Gasteiger charge is -2.33. The molecule has 2 rings (SSSR count). The van der Waals surface area contributed by atoms with Crippen LogP contribution in [0.1, 0.15) is 25.5 Å². The van der Waals surface area contributed by atoms with Crippen molar-refractivity contribution in [2.45, 2.75) is 25.8 Å². The number of ether oxygens (including phenoxy) is 1. The smallest absolute Gasteiger partial charge is 0.334 e. The lowest BCUT2D eigenvalue weighted by atomic mass is 10.1. The topological polar surface area (TPSA) is 111 Å². The number of carbonyl (C=O) groups is 1. The number of hydrogen-bond acceptors (Lipinski definition) is 6. The first-order valence-electron chi connectivity index (χ1n) is 6.63. The Morgan fingerprint density at radius 3 is 2.76 bits per heavy atom. The molecule has 1 aromatic rings. The highest BCUT2D eigenvalue weighted by molar-refractivity contribution is 5.80. The molecular formula is C12H18N4O5. The highest BCUT2D eigenvalue weighted by atomic mass is 16.6. The first-order valence-corrected chi connectivity index (χ1v) is 6.63. The lowest BCUT2D eigenvalue weighted by Crippen LogP contribution is -2.51. The average molecular weight is 298 g/mol. The predicted molar refractivity (Wildman–Crippen MR) is 73.5 cm³/mol. The summed E-state index contributed by atoms with van der Waals surface area (Å²) in [5.74, 6) is -0.981. The number of nitrogens with zero attached hydrogens (tertiary/aromatic N) is 4. The summed E-state index contributed by atoms with van der Waals surface area (Å²) >= 11 is 0. The number of anilines is 1. The van der Waals surface area contributed by atoms with Crippen molar-refractivity contribution in [3.8, 4) is 0 Å². The van der Waals surface area contributed by atoms with E-state index in [1.54, 1.807) is 7.05 Å². The molecule has 1 aliphatic heterocycles. The van der Waals surface area contributed by atoms with Crippen LogP contribution in [0.15, 0.2) is 0 Å². The fraction of sp³-hybridized carbons (Fsp3) is 0.667. The first-order chi connectivity index (χ1) is 9.84. The second-order valence-electron chi connectivity index (χ2n) is 5.22. The fourth-order valence-electron chi connectivity index (χ4n) is 2.47. The molecule has 1 fully saturated rings. The van der Waals surface area contributed by atoms with Crippen LogP contribution in [0.4, 0.5) is 11.5 Å². The van der Waals surface area contributed by atoms with E-state index in [9.17, 15) is 20.0 Å². The minimum Gasteiger partial charge on any atom is -0.480 e. The van der Waals surface area contributed by atoms with Crippen LogP contribution >= 0.6 is 0 Å². The molecule has 1 aromatic heterocycles. The maximum Gasteiger partial charge on any atom is 0.334 e. The van der Waals surface area contributed by atoms with Crippen molar-refractivity contribution in [3.05, 3.63) is 15.8 Å². The number of aliphatic carboxylic acids is 1. The number of nitro groups is 1. The molecule has 9 heteroatoms. The van der Waals surface area contributed by atoms with Crippen molar-refractivity contribution in [1.29, 1.82) is 0 Å². The summed E-state index contributed by atoms with van der Waals surface area (Å²) in [6, 6.07) is -0.951. The van der Waals surface area contributed by atoms with Crippen LogP contribution in [0.5, 0.6) is 0 Å². The van der Waals surface area contributed by atoms with Crippen molar-refractivity contribution in [2.24, 2.45) is 7.05 Å². The molecule has 1 N–H and O–H groups in total. The van der Waals surface area contributed by atoms with E-state index in [2.05, 4.69) is 5.10 Å². The zero-order valence-corrected chi connectivity index (χ0v) is 12.1. The number of rotatable bonds is 4. The molecule has 0 saturated carbocycles. The molecule has 1 atom stereocenters. The maximum absolute atomic E-state index is 11.4. The van der Waals surface area contributed by atoms with Gasteiger partial charge in [-0.15, -0.1) is 0 Å². The Hall–Kier alpha value is -2.16. The summed E-state index contributed by atoms with van der Waals surface area (Å²) in [7, 11) is 1.59. The Kier molecular flexibility index (Phi) is 4.12. The fourth-order valence-corrected chi connectivity index (χ4v) is 2.47. The summed E-state index contributed by atoms with van der Waals surface area (Å²) in [5.41, 5.74) is 0.230. The average Bonchev–Trinajstić information content (AvgIpc) is 2.76. The second-order valence-corrected chi connectivity index (χ2v) is 5.22. The van der Waals surface area contributed by atoms with Gasteiger partial charge in [-0.05, 0) is 0 Å². The minimum absolute atomic E-state index is 0.00528. The van der Waals surface area contributed by atoms with Gasteiger partial charge in [-0.2, -0.15) is 5.10 Å². The van der Waals surface area contributed by atoms with E-state index >= 15 is 0 Å². The van der Waals surface area contributed by atoms with Gasteiger partial charge in [-0.1, -0.05) is 13.8 Å². The van der Waals surface area contributed by atoms with Crippen molar-refractivity contribution >= 4 is 17.5 Å². The molecule has 1 unspecified atom stereocenters. The molecule has 2 heterocycles. The molecule has 0 spiro atoms. The van der Waals surface area contributed by atoms with Crippen molar-refractivity contribution < 1.29 is 19.6 Å². The zero-order chi connectivity index (χ0) is 15.7. The minimum atomic E-state index is -1.07. The molecular weight excluding hydrogens is 280 g/mol. The van der Waals surface area contributed by atoms with Crippen LogP contribution < -0.4 is 4.90 Å². The van der Waals surface area contributed by atoms with Crippen LogP contribution in [0, 0.1) is 10.1 Å². The number of aromatic nitrogens is 2. The van der Waals surface area contributed by atoms with Crippen molar-refractivity contribution in [2.75, 3.05) is 24.7 Å². The van der Waals surface area contributed by atoms with Crippen molar-refractivity contribution in [1.82, 2.24) is 9.78 Å². The lowest BCUT2D eigenvalue weighted by molar-refractivity contribution is -0.385. The molecule has 0 bridgehead atoms. The van der Waals surface area contributed by atoms with Gasteiger partial charge in [0.05, 0.1) is 18.1 Å². The molecule has 116 valence electrons. The quantitative estimate of drug-likeness (QED) is 0.644. The standard InChI is InChI=1S/C12H18N4O5/c1-7(2)9-10(16(19)20)11(14(3)13-9)15-4-5-21-6-8(15)12(17)18/h7-8H,4-6H2,1-3H3,(H,17,18). The Morgan fingerprint density at radius 2 is 2.24 bits per heavy atom. The molecule has 1 saturated heterocycles. The van der Waals surface area contributed by atoms with Gasteiger partial charge in [0.1, 0.15) is 5.69 Å². The Balaban J connectivity index is 2.56. The number of carboxylic acids is 1. The monoisotopic (exact) mass is 298 g/mol. The maximum atomic E-state index is 11.4. The number of aryl methyl sites for hydroxylation is 1. The normalized spacial score (nSPS) is 19.0. The Morgan fingerprint density at radius 1 is 1.57 bits per heavy atom. The summed E-state index contributed by atoms with van der Waals surface area (Å²) in [5, 5.41) is 24.9. The van der Waals surface area contributed by atoms with E-state index in [1.807, 2.05) is 13.8 Å². The van der Waals surface area contributed by atoms with Gasteiger partial charge in [0.25, 0.3) is 0 Å². The Bertz CT molecular complexity index is 568. The third-order valence-electron chi connectivity index (χ3n) is 3.43. The van der Waals surface area contributed by atoms with E-state index in [1.165, 1.54) is 9.58 Å². The summed E-state index contributed by atoms with van der Waals surface area (Å²) < 4.78 is 6.55. The van der Waals surface area contributed by atoms with Gasteiger partial charge in [0, 0.05) is 19.5 Å². The van der Waals surface area contributed by atoms with Gasteiger partial charge >= 0.3 is 11.7 Å². The summed E-state index contributed by atoms with van der Waals surface area (Å²) in [6.45, 7) is 4.22. The van der Waals surface area contributed by atoms with Crippen LogP contribution in [0.25, 0.3) is 0 Å². The zero-order valence-electron chi connectivity index (χ0n) is 12.1. The van der Waals surface area contributed by atoms with Gasteiger partial charge in [0.2, 0.25) is 5.82 Å². The predicted octanol–water partition coefficient (Wildman–Crippen LogP) is 0.742. The largest absolute Gasteiger partial charge is 0.480 e. The van der Waals surface area contributed by atoms with Gasteiger partial charge in [0.15, 0.2) is 6.04 Å². The first kappa shape index (κ1) is 15.2. The SMILES string of the molecule is CC(C)c1nn(C)c(N2CCOCC2C(=O)O)c1[N+](=O)[O-]. The van der Waals surface area contributed by atoms with Crippen molar-refractivity contribution in [3.63, 3.8) is 0 Å². The Labute approximate surface area is 121 Å². The molecule has 9 nitrogen and oxygen atoms in total. The van der Waals surface area contributed by atoms with E-state index in [0.717, 1.165) is 0 Å². The molecule has 0 radical (unpaired) electrons. The third kappa shape index (κ3) is 2.68. The number of morpholine rings is 1. The van der Waals surface area contributed by atoms with Crippen LogP contribution in [0.3, 0.4) is 0 Å². The second kappa shape index (κ2) is 5.68. The summed E-state index contributed by atoms with van der Waals surface area (Å²) in [6.07, 6.45) is 0. The highest BCUT2D eigenvalue weighted by Gasteiger charge is 2.38. The number of carboxylic acid groups (broad SMARTS) is 1. The van der Waals surface area contributed by atoms with Gasteiger partial charge in [-0.3, -0.25) is 10.1 Å². The third-order valence-corrected chi connectivity index (χ3v) is 3.43. The molecule has 0 aromatic carbocycles. The van der Waals surface area contributed by atoms with Crippen LogP contribution in [-0.2, 0) is 16.6 Å². The van der Waals surface area contributed by atoms with Crippen LogP contribution in [0.2, 0.25) is 0 Å². The van der Waals surface area contributed by atoms with E-state index < -0.39 is 16.9 Å². The molecule has 0 amide bonds. The van der Waals surface area contributed by atoms with E-state index in [4.69, 9.17) is 4.74 Å². The van der Waals surface area contributed by atoms with E-state index in [0.29, 0.717) is 12.3 Å². The molecule has 21 heavy (non-hydrogen) atoms. The molecule has 0 aliphatic carbocycles. The molecule has 1 aliphatic rings. The van der Waals surface area contributed by atoms with Crippen LogP contribution in [-0.4, -0.2) is 51.6 Å². The highest BCUT2D eigenvalue weighted by Crippen LogP contribution is 2.36. The van der Waals surface area contributed by atoms with Gasteiger partial charge < -0.3 is 14.7 Å². The van der Waals surface area contributed by atoms with E-state index in [-0.39, 0.29) is 30.6 Å². The number of hydrogen-bond donors (Lipinski definition) is 1. The van der Waals surface area contributed by atoms with Gasteiger partial charge in [-0.25, -0.2) is 9.48 Å². The summed E-state index contributed by atoms with van der Waals surface area (Å²) in [4.78, 5) is 23.8.